The zero-order valence-corrected chi connectivity index (χ0v) is 10.3. The van der Waals surface area contributed by atoms with Gasteiger partial charge in [0.2, 0.25) is 0 Å². The number of carboxylic acids is 1. The molecule has 4 atom stereocenters. The first-order valence-electron chi connectivity index (χ1n) is 6.01. The molecule has 0 radical (unpaired) electrons. The molecule has 0 heterocycles. The van der Waals surface area contributed by atoms with E-state index in [0.29, 0.717) is 18.4 Å². The SMILES string of the molecule is Cl.NCC12C[C@H]3C[C@@H](C1)CC(C(=O)O)(C3)C2. The van der Waals surface area contributed by atoms with Gasteiger partial charge < -0.3 is 10.8 Å². The van der Waals surface area contributed by atoms with Crippen molar-refractivity contribution >= 4 is 18.4 Å². The molecule has 0 amide bonds. The van der Waals surface area contributed by atoms with Crippen molar-refractivity contribution in [3.05, 3.63) is 0 Å². The molecule has 4 rings (SSSR count). The maximum atomic E-state index is 11.5. The van der Waals surface area contributed by atoms with Crippen LogP contribution in [0.1, 0.15) is 38.5 Å². The third-order valence-corrected chi connectivity index (χ3v) is 5.07. The number of halogens is 1. The number of carbonyl (C=O) groups is 1. The molecule has 92 valence electrons. The standard InChI is InChI=1S/C12H19NO2.ClH/c13-7-11-2-8-1-9(3-11)5-12(4-8,6-11)10(14)15;/h8-9H,1-7,13H2,(H,14,15);1H/t8-,9+,11?,12?;. The number of hydrogen-bond acceptors (Lipinski definition) is 2. The molecule has 0 aromatic carbocycles. The Labute approximate surface area is 102 Å². The van der Waals surface area contributed by atoms with Crippen LogP contribution in [0.15, 0.2) is 0 Å². The smallest absolute Gasteiger partial charge is 0.309 e. The molecule has 0 spiro atoms. The third kappa shape index (κ3) is 1.48. The van der Waals surface area contributed by atoms with Crippen molar-refractivity contribution in [1.29, 1.82) is 0 Å². The van der Waals surface area contributed by atoms with Gasteiger partial charge in [0.05, 0.1) is 5.41 Å². The molecule has 4 bridgehead atoms. The maximum absolute atomic E-state index is 11.5. The van der Waals surface area contributed by atoms with Crippen LogP contribution in [0.4, 0.5) is 0 Å². The van der Waals surface area contributed by atoms with E-state index in [1.165, 1.54) is 19.3 Å². The van der Waals surface area contributed by atoms with Crippen LogP contribution in [0.3, 0.4) is 0 Å². The predicted molar refractivity (Wildman–Crippen MR) is 63.5 cm³/mol. The fraction of sp³-hybridized carbons (Fsp3) is 0.917. The first-order chi connectivity index (χ1) is 7.07. The van der Waals surface area contributed by atoms with Crippen LogP contribution in [-0.2, 0) is 4.79 Å². The topological polar surface area (TPSA) is 63.3 Å². The number of aliphatic carboxylic acids is 1. The van der Waals surface area contributed by atoms with Gasteiger partial charge in [0.1, 0.15) is 0 Å². The highest BCUT2D eigenvalue weighted by Gasteiger charge is 2.60. The molecule has 0 aromatic heterocycles. The first kappa shape index (κ1) is 12.2. The van der Waals surface area contributed by atoms with Crippen LogP contribution in [-0.4, -0.2) is 17.6 Å². The lowest BCUT2D eigenvalue weighted by atomic mass is 9.44. The van der Waals surface area contributed by atoms with Gasteiger partial charge in [-0.05, 0) is 62.3 Å². The van der Waals surface area contributed by atoms with E-state index in [1.807, 2.05) is 0 Å². The molecule has 3 N–H and O–H groups in total. The fourth-order valence-corrected chi connectivity index (χ4v) is 4.94. The van der Waals surface area contributed by atoms with E-state index in [2.05, 4.69) is 0 Å². The van der Waals surface area contributed by atoms with Gasteiger partial charge in [0.15, 0.2) is 0 Å². The summed E-state index contributed by atoms with van der Waals surface area (Å²) < 4.78 is 0. The van der Waals surface area contributed by atoms with Crippen LogP contribution in [0.2, 0.25) is 0 Å². The van der Waals surface area contributed by atoms with E-state index in [4.69, 9.17) is 5.73 Å². The molecule has 4 aliphatic carbocycles. The minimum absolute atomic E-state index is 0. The lowest BCUT2D eigenvalue weighted by molar-refractivity contribution is -0.173. The molecule has 0 aromatic rings. The van der Waals surface area contributed by atoms with Crippen LogP contribution in [0, 0.1) is 22.7 Å². The molecule has 4 aliphatic rings. The van der Waals surface area contributed by atoms with E-state index < -0.39 is 11.4 Å². The van der Waals surface area contributed by atoms with Crippen molar-refractivity contribution in [1.82, 2.24) is 0 Å². The zero-order chi connectivity index (χ0) is 10.7. The zero-order valence-electron chi connectivity index (χ0n) is 9.45. The first-order valence-corrected chi connectivity index (χ1v) is 6.01. The summed E-state index contributed by atoms with van der Waals surface area (Å²) in [6.07, 6.45) is 6.32. The average molecular weight is 246 g/mol. The van der Waals surface area contributed by atoms with Crippen molar-refractivity contribution in [3.8, 4) is 0 Å². The van der Waals surface area contributed by atoms with Crippen molar-refractivity contribution in [2.75, 3.05) is 6.54 Å². The summed E-state index contributed by atoms with van der Waals surface area (Å²) >= 11 is 0. The van der Waals surface area contributed by atoms with Crippen LogP contribution in [0.5, 0.6) is 0 Å². The number of rotatable bonds is 2. The largest absolute Gasteiger partial charge is 0.481 e. The molecule has 16 heavy (non-hydrogen) atoms. The van der Waals surface area contributed by atoms with Gasteiger partial charge >= 0.3 is 5.97 Å². The van der Waals surface area contributed by atoms with Gasteiger partial charge in [-0.1, -0.05) is 0 Å². The van der Waals surface area contributed by atoms with Gasteiger partial charge in [0.25, 0.3) is 0 Å². The summed E-state index contributed by atoms with van der Waals surface area (Å²) in [6, 6.07) is 0. The van der Waals surface area contributed by atoms with E-state index >= 15 is 0 Å². The number of nitrogens with two attached hydrogens (primary N) is 1. The molecule has 0 saturated heterocycles. The predicted octanol–water partition coefficient (Wildman–Crippen LogP) is 2.04. The van der Waals surface area contributed by atoms with Crippen LogP contribution < -0.4 is 5.73 Å². The summed E-state index contributed by atoms with van der Waals surface area (Å²) in [5, 5.41) is 9.45. The molecule has 4 fully saturated rings. The van der Waals surface area contributed by atoms with Gasteiger partial charge in [-0.3, -0.25) is 4.79 Å². The van der Waals surface area contributed by atoms with Gasteiger partial charge in [-0.25, -0.2) is 0 Å². The van der Waals surface area contributed by atoms with Gasteiger partial charge in [0, 0.05) is 0 Å². The second-order valence-electron chi connectivity index (χ2n) is 6.25. The van der Waals surface area contributed by atoms with Crippen LogP contribution >= 0.6 is 12.4 Å². The van der Waals surface area contributed by atoms with E-state index in [0.717, 1.165) is 19.3 Å². The molecule has 2 unspecified atom stereocenters. The van der Waals surface area contributed by atoms with Crippen molar-refractivity contribution < 1.29 is 9.90 Å². The normalized spacial score (nSPS) is 48.8. The molecule has 3 nitrogen and oxygen atoms in total. The maximum Gasteiger partial charge on any atom is 0.309 e. The quantitative estimate of drug-likeness (QED) is 0.783. The fourth-order valence-electron chi connectivity index (χ4n) is 4.94. The lowest BCUT2D eigenvalue weighted by Gasteiger charge is -2.60. The second kappa shape index (κ2) is 3.61. The Kier molecular flexibility index (Phi) is 2.75. The second-order valence-corrected chi connectivity index (χ2v) is 6.25. The molecule has 4 heteroatoms. The molecular weight excluding hydrogens is 226 g/mol. The highest BCUT2D eigenvalue weighted by atomic mass is 35.5. The highest BCUT2D eigenvalue weighted by Crippen LogP contribution is 2.64. The van der Waals surface area contributed by atoms with Crippen molar-refractivity contribution in [2.24, 2.45) is 28.4 Å². The Morgan fingerprint density at radius 1 is 1.25 bits per heavy atom. The number of hydrogen-bond donors (Lipinski definition) is 2. The summed E-state index contributed by atoms with van der Waals surface area (Å²) in [5.74, 6) is 0.728. The highest BCUT2D eigenvalue weighted by molar-refractivity contribution is 5.85. The average Bonchev–Trinajstić information content (AvgIpc) is 2.15. The monoisotopic (exact) mass is 245 g/mol. The van der Waals surface area contributed by atoms with Gasteiger partial charge in [-0.15, -0.1) is 12.4 Å². The minimum Gasteiger partial charge on any atom is -0.481 e. The Hall–Kier alpha value is -0.280. The number of carboxylic acid groups (broad SMARTS) is 1. The molecule has 4 saturated carbocycles. The summed E-state index contributed by atoms with van der Waals surface area (Å²) in [7, 11) is 0. The Bertz CT molecular complexity index is 304. The van der Waals surface area contributed by atoms with E-state index in [1.54, 1.807) is 0 Å². The summed E-state index contributed by atoms with van der Waals surface area (Å²) in [4.78, 5) is 11.5. The van der Waals surface area contributed by atoms with Gasteiger partial charge in [-0.2, -0.15) is 0 Å². The van der Waals surface area contributed by atoms with Crippen molar-refractivity contribution in [3.63, 3.8) is 0 Å². The van der Waals surface area contributed by atoms with E-state index in [-0.39, 0.29) is 17.8 Å². The minimum atomic E-state index is -0.561. The third-order valence-electron chi connectivity index (χ3n) is 5.07. The van der Waals surface area contributed by atoms with Crippen LogP contribution in [0.25, 0.3) is 0 Å². The summed E-state index contributed by atoms with van der Waals surface area (Å²) in [5.41, 5.74) is 5.68. The lowest BCUT2D eigenvalue weighted by Crippen LogP contribution is -2.57. The Morgan fingerprint density at radius 3 is 2.25 bits per heavy atom. The Balaban J connectivity index is 0.000000963. The molecule has 0 aliphatic heterocycles. The van der Waals surface area contributed by atoms with Crippen molar-refractivity contribution in [2.45, 2.75) is 38.5 Å². The van der Waals surface area contributed by atoms with E-state index in [9.17, 15) is 9.90 Å². The molecular formula is C12H20ClNO2. The Morgan fingerprint density at radius 2 is 1.81 bits per heavy atom. The summed E-state index contributed by atoms with van der Waals surface area (Å²) in [6.45, 7) is 0.690.